The third-order valence-corrected chi connectivity index (χ3v) is 5.25. The molecule has 1 amide bonds. The summed E-state index contributed by atoms with van der Waals surface area (Å²) in [6, 6.07) is 3.75. The number of nitrogens with zero attached hydrogens (tertiary/aromatic N) is 1. The lowest BCUT2D eigenvalue weighted by Crippen LogP contribution is -2.33. The Bertz CT molecular complexity index is 507. The quantitative estimate of drug-likeness (QED) is 0.865. The van der Waals surface area contributed by atoms with E-state index in [2.05, 4.69) is 0 Å². The van der Waals surface area contributed by atoms with Crippen LogP contribution in [0.25, 0.3) is 0 Å². The first-order valence-electron chi connectivity index (χ1n) is 7.47. The lowest BCUT2D eigenvalue weighted by Gasteiger charge is -2.23. The van der Waals surface area contributed by atoms with Gasteiger partial charge in [0.2, 0.25) is 0 Å². The lowest BCUT2D eigenvalue weighted by atomic mass is 9.89. The molecule has 1 aromatic carbocycles. The molecule has 3 rings (SSSR count). The van der Waals surface area contributed by atoms with Crippen molar-refractivity contribution in [2.75, 3.05) is 24.6 Å². The number of hydrogen-bond acceptors (Lipinski definition) is 3. The van der Waals surface area contributed by atoms with Gasteiger partial charge in [-0.3, -0.25) is 4.79 Å². The molecule has 1 aromatic rings. The van der Waals surface area contributed by atoms with Crippen LogP contribution in [0.3, 0.4) is 0 Å². The summed E-state index contributed by atoms with van der Waals surface area (Å²) in [5, 5.41) is 10.2. The highest BCUT2D eigenvalue weighted by molar-refractivity contribution is 7.99. The van der Waals surface area contributed by atoms with E-state index in [0.29, 0.717) is 5.56 Å². The average molecular weight is 291 g/mol. The summed E-state index contributed by atoms with van der Waals surface area (Å²) in [5.74, 6) is 2.28. The summed E-state index contributed by atoms with van der Waals surface area (Å²) in [6.45, 7) is 1.60. The van der Waals surface area contributed by atoms with E-state index in [1.54, 1.807) is 0 Å². The Morgan fingerprint density at radius 1 is 1.05 bits per heavy atom. The topological polar surface area (TPSA) is 40.5 Å². The maximum atomic E-state index is 12.6. The number of phenolic OH excluding ortho intramolecular Hbond substituents is 1. The zero-order chi connectivity index (χ0) is 13.9. The fourth-order valence-electron chi connectivity index (χ4n) is 3.06. The minimum absolute atomic E-state index is 0.00151. The van der Waals surface area contributed by atoms with Gasteiger partial charge >= 0.3 is 0 Å². The van der Waals surface area contributed by atoms with Crippen molar-refractivity contribution in [3.05, 3.63) is 28.8 Å². The molecule has 1 N–H and O–H groups in total. The zero-order valence-corrected chi connectivity index (χ0v) is 12.5. The minimum atomic E-state index is -0.00151. The maximum Gasteiger partial charge on any atom is 0.257 e. The van der Waals surface area contributed by atoms with Gasteiger partial charge in [-0.1, -0.05) is 0 Å². The molecule has 0 bridgehead atoms. The normalized spacial score (nSPS) is 19.3. The number of hydrogen-bond donors (Lipinski definition) is 1. The van der Waals surface area contributed by atoms with Crippen LogP contribution in [0.5, 0.6) is 5.75 Å². The number of fused-ring (bicyclic) bond motifs is 1. The van der Waals surface area contributed by atoms with E-state index in [4.69, 9.17) is 0 Å². The fourth-order valence-corrected chi connectivity index (χ4v) is 3.95. The molecule has 2 aliphatic rings. The molecule has 3 nitrogen and oxygen atoms in total. The number of aryl methyl sites for hydroxylation is 2. The molecule has 0 aromatic heterocycles. The number of amides is 1. The summed E-state index contributed by atoms with van der Waals surface area (Å²) in [7, 11) is 0. The Morgan fingerprint density at radius 2 is 1.80 bits per heavy atom. The molecule has 20 heavy (non-hydrogen) atoms. The average Bonchev–Trinajstić information content (AvgIpc) is 2.75. The molecule has 0 atom stereocenters. The number of carbonyl (C=O) groups excluding carboxylic acids is 1. The summed E-state index contributed by atoms with van der Waals surface area (Å²) in [4.78, 5) is 14.5. The van der Waals surface area contributed by atoms with Gasteiger partial charge in [-0.15, -0.1) is 0 Å². The molecular formula is C16H21NO2S. The highest BCUT2D eigenvalue weighted by Gasteiger charge is 2.22. The summed E-state index contributed by atoms with van der Waals surface area (Å²) in [5.41, 5.74) is 2.97. The number of aromatic hydroxyl groups is 1. The van der Waals surface area contributed by atoms with Crippen LogP contribution in [0, 0.1) is 0 Å². The third kappa shape index (κ3) is 2.80. The van der Waals surface area contributed by atoms with Gasteiger partial charge in [0.25, 0.3) is 5.91 Å². The molecule has 1 fully saturated rings. The predicted molar refractivity (Wildman–Crippen MR) is 82.6 cm³/mol. The molecule has 0 unspecified atom stereocenters. The minimum Gasteiger partial charge on any atom is -0.507 e. The van der Waals surface area contributed by atoms with E-state index >= 15 is 0 Å². The summed E-state index contributed by atoms with van der Waals surface area (Å²) < 4.78 is 0. The van der Waals surface area contributed by atoms with Crippen LogP contribution < -0.4 is 0 Å². The lowest BCUT2D eigenvalue weighted by molar-refractivity contribution is 0.0765. The molecular weight excluding hydrogens is 270 g/mol. The Kier molecular flexibility index (Phi) is 4.20. The van der Waals surface area contributed by atoms with Crippen LogP contribution in [-0.4, -0.2) is 40.5 Å². The smallest absolute Gasteiger partial charge is 0.257 e. The molecule has 1 heterocycles. The van der Waals surface area contributed by atoms with Gasteiger partial charge < -0.3 is 10.0 Å². The van der Waals surface area contributed by atoms with E-state index in [0.717, 1.165) is 43.9 Å². The monoisotopic (exact) mass is 291 g/mol. The molecule has 108 valence electrons. The van der Waals surface area contributed by atoms with Crippen LogP contribution >= 0.6 is 11.8 Å². The first-order valence-corrected chi connectivity index (χ1v) is 8.63. The van der Waals surface area contributed by atoms with Gasteiger partial charge in [0.05, 0.1) is 5.56 Å². The predicted octanol–water partition coefficient (Wildman–Crippen LogP) is 2.85. The Morgan fingerprint density at radius 3 is 2.60 bits per heavy atom. The van der Waals surface area contributed by atoms with E-state index in [1.807, 2.05) is 28.8 Å². The third-order valence-electron chi connectivity index (χ3n) is 4.20. The fraction of sp³-hybridized carbons (Fsp3) is 0.562. The van der Waals surface area contributed by atoms with E-state index in [-0.39, 0.29) is 11.7 Å². The van der Waals surface area contributed by atoms with Crippen molar-refractivity contribution in [2.24, 2.45) is 0 Å². The second kappa shape index (κ2) is 6.08. The van der Waals surface area contributed by atoms with Gasteiger partial charge in [0.15, 0.2) is 0 Å². The highest BCUT2D eigenvalue weighted by atomic mass is 32.2. The van der Waals surface area contributed by atoms with Crippen molar-refractivity contribution in [2.45, 2.75) is 32.1 Å². The first-order chi connectivity index (χ1) is 9.75. The largest absolute Gasteiger partial charge is 0.507 e. The second-order valence-corrected chi connectivity index (χ2v) is 6.83. The van der Waals surface area contributed by atoms with Crippen molar-refractivity contribution in [3.8, 4) is 5.75 Å². The molecule has 1 saturated heterocycles. The second-order valence-electron chi connectivity index (χ2n) is 5.60. The van der Waals surface area contributed by atoms with Crippen molar-refractivity contribution >= 4 is 17.7 Å². The Balaban J connectivity index is 1.86. The van der Waals surface area contributed by atoms with Gasteiger partial charge in [0.1, 0.15) is 5.75 Å². The molecule has 0 radical (unpaired) electrons. The van der Waals surface area contributed by atoms with Crippen molar-refractivity contribution in [1.82, 2.24) is 4.90 Å². The van der Waals surface area contributed by atoms with Gasteiger partial charge in [-0.05, 0) is 61.1 Å². The van der Waals surface area contributed by atoms with Crippen LogP contribution in [0.1, 0.15) is 40.7 Å². The van der Waals surface area contributed by atoms with E-state index < -0.39 is 0 Å². The number of carbonyl (C=O) groups is 1. The zero-order valence-electron chi connectivity index (χ0n) is 11.7. The maximum absolute atomic E-state index is 12.6. The number of thioether (sulfide) groups is 1. The van der Waals surface area contributed by atoms with Crippen LogP contribution in [0.2, 0.25) is 0 Å². The SMILES string of the molecule is O=C(c1cc2c(cc1O)CCCC2)N1CCCSCC1. The Hall–Kier alpha value is -1.16. The molecule has 1 aliphatic carbocycles. The van der Waals surface area contributed by atoms with Gasteiger partial charge in [0, 0.05) is 18.8 Å². The number of phenols is 1. The molecule has 4 heteroatoms. The summed E-state index contributed by atoms with van der Waals surface area (Å²) >= 11 is 1.90. The first kappa shape index (κ1) is 13.8. The van der Waals surface area contributed by atoms with E-state index in [1.165, 1.54) is 24.0 Å². The standard InChI is InChI=1S/C16H21NO2S/c18-15-11-13-5-2-1-4-12(13)10-14(15)16(19)17-6-3-8-20-9-7-17/h10-11,18H,1-9H2. The van der Waals surface area contributed by atoms with Crippen LogP contribution in [0.15, 0.2) is 12.1 Å². The van der Waals surface area contributed by atoms with E-state index in [9.17, 15) is 9.90 Å². The van der Waals surface area contributed by atoms with Crippen LogP contribution in [0.4, 0.5) is 0 Å². The molecule has 1 aliphatic heterocycles. The Labute approximate surface area is 124 Å². The van der Waals surface area contributed by atoms with Crippen molar-refractivity contribution in [1.29, 1.82) is 0 Å². The number of benzene rings is 1. The highest BCUT2D eigenvalue weighted by Crippen LogP contribution is 2.29. The van der Waals surface area contributed by atoms with Gasteiger partial charge in [-0.25, -0.2) is 0 Å². The van der Waals surface area contributed by atoms with Crippen LogP contribution in [-0.2, 0) is 12.8 Å². The van der Waals surface area contributed by atoms with Gasteiger partial charge in [-0.2, -0.15) is 11.8 Å². The van der Waals surface area contributed by atoms with Crippen molar-refractivity contribution < 1.29 is 9.90 Å². The number of rotatable bonds is 1. The molecule has 0 spiro atoms. The summed E-state index contributed by atoms with van der Waals surface area (Å²) in [6.07, 6.45) is 5.47. The molecule has 0 saturated carbocycles. The van der Waals surface area contributed by atoms with Crippen molar-refractivity contribution in [3.63, 3.8) is 0 Å².